The second-order valence-corrected chi connectivity index (χ2v) is 381. The third kappa shape index (κ3) is 28.5. The molecule has 4 atom stereocenters. The smallest absolute Gasteiger partial charge is 0.333 e. The molecular formula is C72H78BrI17N4O6. The first kappa shape index (κ1) is 91.6. The number of ether oxygens (including phenoxy) is 2. The summed E-state index contributed by atoms with van der Waals surface area (Å²) < 4.78 is 12.9. The van der Waals surface area contributed by atoms with Crippen LogP contribution >= 0.6 is 239 Å². The predicted octanol–water partition coefficient (Wildman–Crippen LogP) is 26.4. The number of nitrogens with one attached hydrogen (secondary N) is 2. The van der Waals surface area contributed by atoms with Crippen molar-refractivity contribution in [3.05, 3.63) is 253 Å². The number of ketones is 2. The van der Waals surface area contributed by atoms with E-state index in [0.29, 0.717) is 48.0 Å². The van der Waals surface area contributed by atoms with E-state index in [2.05, 4.69) is 211 Å². The quantitative estimate of drug-likeness (QED) is 0.0201. The van der Waals surface area contributed by atoms with E-state index in [-0.39, 0.29) is 97.9 Å². The van der Waals surface area contributed by atoms with Gasteiger partial charge in [-0.1, -0.05) is 225 Å². The summed E-state index contributed by atoms with van der Waals surface area (Å²) in [5.41, 5.74) is 9.44. The minimum absolute atomic E-state index is 0. The maximum atomic E-state index is 13.7. The molecule has 6 aliphatic rings. The van der Waals surface area contributed by atoms with Crippen molar-refractivity contribution in [2.24, 2.45) is 11.8 Å². The fourth-order valence-corrected chi connectivity index (χ4v) is 2320. The third-order valence-corrected chi connectivity index (χ3v) is 1090. The topological polar surface area (TPSA) is 114 Å². The van der Waals surface area contributed by atoms with Gasteiger partial charge in [0.25, 0.3) is 0 Å². The Morgan fingerprint density at radius 2 is 0.860 bits per heavy atom. The minimum atomic E-state index is -0.602. The third-order valence-electron chi connectivity index (χ3n) is 16.8. The number of carbonyl (C=O) groups excluding carboxylic acids is 4. The van der Waals surface area contributed by atoms with Crippen molar-refractivity contribution in [2.75, 3.05) is 61.8 Å². The molecule has 0 spiro atoms. The van der Waals surface area contributed by atoms with E-state index in [1.165, 1.54) is 0 Å². The average molecular weight is 3330 g/mol. The number of esters is 2. The molecule has 0 amide bonds. The Morgan fingerprint density at radius 3 is 1.27 bits per heavy atom. The number of hydrogen-bond acceptors (Lipinski definition) is 9. The Bertz CT molecular complexity index is 3780. The van der Waals surface area contributed by atoms with Crippen LogP contribution in [-0.2, 0) is 19.1 Å². The molecule has 100 heavy (non-hydrogen) atoms. The van der Waals surface area contributed by atoms with Crippen LogP contribution < -0.4 is 23.9 Å². The largest absolute Gasteiger partial charge is 0.459 e. The Kier molecular flexibility index (Phi) is 44.5. The molecule has 10 nitrogen and oxygen atoms in total. The van der Waals surface area contributed by atoms with Crippen LogP contribution in [0.1, 0.15) is 84.5 Å². The second kappa shape index (κ2) is 48.6. The molecule has 4 bridgehead atoms. The summed E-state index contributed by atoms with van der Waals surface area (Å²) in [7, 11) is -2.48. The van der Waals surface area contributed by atoms with Gasteiger partial charge >= 0.3 is 248 Å². The molecule has 6 aliphatic heterocycles. The molecular weight excluding hydrogens is 3250 g/mol. The monoisotopic (exact) mass is 3330 g/mol. The van der Waals surface area contributed by atoms with Crippen LogP contribution in [0.15, 0.2) is 231 Å². The summed E-state index contributed by atoms with van der Waals surface area (Å²) >= 11 is 30.8. The molecule has 548 valence electrons. The second-order valence-electron chi connectivity index (χ2n) is 22.8. The van der Waals surface area contributed by atoms with E-state index in [0.717, 1.165) is 114 Å². The van der Waals surface area contributed by atoms with Crippen LogP contribution in [0.5, 0.6) is 0 Å². The number of benzene rings is 8. The molecule has 0 saturated carbocycles. The van der Waals surface area contributed by atoms with Gasteiger partial charge in [-0.2, -0.15) is 0 Å². The summed E-state index contributed by atoms with van der Waals surface area (Å²) in [6.45, 7) is 6.19. The van der Waals surface area contributed by atoms with Crippen LogP contribution in [0.4, 0.5) is 11.4 Å². The van der Waals surface area contributed by atoms with E-state index >= 15 is 0 Å². The van der Waals surface area contributed by atoms with Gasteiger partial charge in [-0.3, -0.25) is 14.5 Å². The molecule has 2 N–H and O–H groups in total. The first-order valence-corrected chi connectivity index (χ1v) is 132. The summed E-state index contributed by atoms with van der Waals surface area (Å²) in [5, 5.41) is 7.08. The van der Waals surface area contributed by atoms with Gasteiger partial charge in [-0.05, 0) is 102 Å². The van der Waals surface area contributed by atoms with Crippen molar-refractivity contribution >= 4 is 274 Å². The Balaban J connectivity index is 0.000000201. The Morgan fingerprint density at radius 1 is 0.480 bits per heavy atom. The first-order valence-electron chi connectivity index (χ1n) is 30.6. The average Bonchev–Trinajstić information content (AvgIpc) is 0.771. The summed E-state index contributed by atoms with van der Waals surface area (Å²) in [5.74, 6) is 0.659. The molecule has 8 aromatic rings. The van der Waals surface area contributed by atoms with Gasteiger partial charge in [0.2, 0.25) is 5.78 Å². The summed E-state index contributed by atoms with van der Waals surface area (Å²) in [6, 6.07) is 73.9. The summed E-state index contributed by atoms with van der Waals surface area (Å²) in [4.78, 5) is 54.2. The normalized spacial score (nSPS) is 20.0. The van der Waals surface area contributed by atoms with E-state index in [9.17, 15) is 19.2 Å². The standard InChI is InChI=1S/C35H35N2O3.C21H24N2O2.C14H11BrO.2CH4.I17/c38-32(30-16-10-15-29(23-30)26-11-4-1-5-12-26)24-37-21-19-27(20-22-37)33(25-37)40-35(39)34(28-13-6-2-7-14-28)36-31-17-8-3-9-18-31;24-21(25-19-15-23-13-11-16(19)12-14-23)20(17-7-3-1-4-8-17)22-18-9-5-2-6-10-18;15-10-14(16)13-8-4-7-12(9-13)11-5-2-1-3-6-11;;;1-10-12(4)14(6)16(8)17(9)15(7)13(5)11(2)3/h1-18,23,27,33-34,36H,19-22,24-25H2;1-10,16,19-20,22H,11-15H2;1-9H,10H2;2*1H4;/q+1;;;;;-1/t27?,33-,34+,37?;19-,20+;;;;/m00..../s1. The zero-order valence-electron chi connectivity index (χ0n) is 52.0. The maximum absolute atomic E-state index is 13.7. The molecule has 14 rings (SSSR count). The van der Waals surface area contributed by atoms with Crippen LogP contribution in [0.2, 0.25) is 0 Å². The van der Waals surface area contributed by atoms with Crippen LogP contribution in [-0.4, -0.2) is 96.2 Å². The Hall–Kier alpha value is 4.45. The van der Waals surface area contributed by atoms with Crippen LogP contribution in [0.25, 0.3) is 22.3 Å². The van der Waals surface area contributed by atoms with E-state index < -0.39 is 20.0 Å². The fraction of sp³-hybridized carbons (Fsp3) is 0.278. The Labute approximate surface area is 721 Å². The van der Waals surface area contributed by atoms with Gasteiger partial charge in [0, 0.05) is 47.8 Å². The van der Waals surface area contributed by atoms with Crippen molar-refractivity contribution in [1.82, 2.24) is 4.90 Å². The van der Waals surface area contributed by atoms with Gasteiger partial charge in [-0.25, -0.2) is 9.59 Å². The zero-order valence-corrected chi connectivity index (χ0v) is 90.3. The number of Topliss-reactive ketones (excluding diaryl/α,β-unsaturated/α-hetero) is 2. The molecule has 0 aliphatic carbocycles. The number of nitrogens with zero attached hydrogens (tertiary/aromatic N) is 2. The number of rotatable bonds is 24. The van der Waals surface area contributed by atoms with Gasteiger partial charge in [-0.15, -0.1) is 0 Å². The van der Waals surface area contributed by atoms with E-state index in [1.807, 2.05) is 218 Å². The molecule has 0 radical (unpaired) electrons. The van der Waals surface area contributed by atoms with Gasteiger partial charge in [0.05, 0.1) is 18.4 Å². The first-order chi connectivity index (χ1) is 47.4. The molecule has 0 unspecified atom stereocenters. The number of alkyl halides is 1. The van der Waals surface area contributed by atoms with Crippen LogP contribution in [0.3, 0.4) is 0 Å². The zero-order chi connectivity index (χ0) is 69.6. The summed E-state index contributed by atoms with van der Waals surface area (Å²) in [6.07, 6.45) is 4.05. The molecule has 6 saturated heterocycles. The van der Waals surface area contributed by atoms with Gasteiger partial charge in [0.15, 0.2) is 24.0 Å². The number of hydrogen-bond donors (Lipinski definition) is 2. The molecule has 8 aromatic carbocycles. The molecule has 28 heteroatoms. The fourth-order valence-electron chi connectivity index (χ4n) is 12.0. The van der Waals surface area contributed by atoms with Crippen LogP contribution in [0, 0.1) is 11.8 Å². The number of halogens is 18. The molecule has 0 aromatic heterocycles. The SMILES string of the molecule is C.C.I[I-]I(I)I(I)I(I)I(I)I(I)I(I)I(I)I.O=C(CBr)c1cccc(-c2ccccc2)c1.O=C(C[N+]12CCC(CC1)[C@@H](OC(=O)[C@H](Nc1ccccc1)c1ccccc1)C2)c1cccc(-c2ccccc2)c1.O=C(O[C@H]1CN2CCC1CC2)[C@H](Nc1ccccc1)c1ccccc1. The van der Waals surface area contributed by atoms with E-state index in [1.54, 1.807) is 0 Å². The number of carbonyl (C=O) groups is 4. The van der Waals surface area contributed by atoms with Crippen molar-refractivity contribution in [3.8, 4) is 22.3 Å². The number of quaternary nitrogens is 1. The number of anilines is 2. The van der Waals surface area contributed by atoms with Gasteiger partial charge in [0.1, 0.15) is 19.2 Å². The van der Waals surface area contributed by atoms with E-state index in [4.69, 9.17) is 9.47 Å². The molecule has 6 heterocycles. The van der Waals surface area contributed by atoms with Gasteiger partial charge < -0.3 is 24.6 Å². The minimum Gasteiger partial charge on any atom is -0.459 e. The number of piperidine rings is 6. The van der Waals surface area contributed by atoms with Crippen molar-refractivity contribution in [1.29, 1.82) is 0 Å². The number of fused-ring (bicyclic) bond motifs is 6. The van der Waals surface area contributed by atoms with Crippen molar-refractivity contribution < 1.29 is 46.4 Å². The molecule has 6 fully saturated rings. The maximum Gasteiger partial charge on any atom is 0.333 e. The predicted molar refractivity (Wildman–Crippen MR) is 564 cm³/mol. The number of para-hydroxylation sites is 2. The van der Waals surface area contributed by atoms with Crippen molar-refractivity contribution in [3.63, 3.8) is 0 Å². The van der Waals surface area contributed by atoms with Crippen molar-refractivity contribution in [2.45, 2.75) is 64.8 Å².